The molecule has 0 unspecified atom stereocenters. The zero-order chi connectivity index (χ0) is 22.9. The number of halogens is 1. The Morgan fingerprint density at radius 3 is 2.12 bits per heavy atom. The molecule has 4 rings (SSSR count). The highest BCUT2D eigenvalue weighted by molar-refractivity contribution is 7.89. The molecule has 0 aliphatic carbocycles. The number of hydrogen-bond donors (Lipinski definition) is 1. The average Bonchev–Trinajstić information content (AvgIpc) is 3.10. The summed E-state index contributed by atoms with van der Waals surface area (Å²) < 4.78 is 26.5. The Morgan fingerprint density at radius 2 is 1.56 bits per heavy atom. The van der Waals surface area contributed by atoms with Gasteiger partial charge in [0, 0.05) is 24.6 Å². The van der Waals surface area contributed by atoms with Crippen LogP contribution >= 0.6 is 11.6 Å². The lowest BCUT2D eigenvalue weighted by Gasteiger charge is -2.14. The molecule has 0 saturated heterocycles. The fourth-order valence-electron chi connectivity index (χ4n) is 3.66. The molecule has 0 spiro atoms. The lowest BCUT2D eigenvalue weighted by Crippen LogP contribution is -2.15. The summed E-state index contributed by atoms with van der Waals surface area (Å²) in [5, 5.41) is 5.64. The minimum absolute atomic E-state index is 0.0121. The maximum atomic E-state index is 12.4. The summed E-state index contributed by atoms with van der Waals surface area (Å²) in [7, 11) is -4.00. The van der Waals surface area contributed by atoms with E-state index in [0.717, 1.165) is 11.1 Å². The van der Waals surface area contributed by atoms with Crippen molar-refractivity contribution in [1.29, 1.82) is 0 Å². The molecule has 32 heavy (non-hydrogen) atoms. The third-order valence-corrected chi connectivity index (χ3v) is 6.28. The van der Waals surface area contributed by atoms with Crippen LogP contribution in [0.5, 0.6) is 0 Å². The number of benzene rings is 3. The lowest BCUT2D eigenvalue weighted by molar-refractivity contribution is 0.100. The molecular weight excluding hydrogens is 446 g/mol. The Morgan fingerprint density at radius 1 is 0.969 bits per heavy atom. The van der Waals surface area contributed by atoms with Crippen molar-refractivity contribution in [1.82, 2.24) is 9.55 Å². The van der Waals surface area contributed by atoms with Crippen LogP contribution in [0.15, 0.2) is 83.8 Å². The Bertz CT molecular complexity index is 1400. The number of nitrogens with zero attached hydrogens (tertiary/aromatic N) is 2. The van der Waals surface area contributed by atoms with Crippen LogP contribution in [0.4, 0.5) is 0 Å². The van der Waals surface area contributed by atoms with E-state index in [9.17, 15) is 13.2 Å². The summed E-state index contributed by atoms with van der Waals surface area (Å²) in [5.41, 5.74) is 2.94. The SMILES string of the molecule is CC(=O)c1c(Cl)nc(-c2ccccc2)n1Cc1ccc(-c2ccccc2)c(S(N)(=O)=O)c1. The summed E-state index contributed by atoms with van der Waals surface area (Å²) in [5.74, 6) is 0.280. The van der Waals surface area contributed by atoms with Crippen molar-refractivity contribution >= 4 is 27.4 Å². The summed E-state index contributed by atoms with van der Waals surface area (Å²) in [6.07, 6.45) is 0. The number of ketones is 1. The van der Waals surface area contributed by atoms with E-state index in [1.165, 1.54) is 13.0 Å². The van der Waals surface area contributed by atoms with Crippen LogP contribution in [-0.4, -0.2) is 23.8 Å². The Hall–Kier alpha value is -3.26. The summed E-state index contributed by atoms with van der Waals surface area (Å²) in [4.78, 5) is 16.7. The molecule has 0 radical (unpaired) electrons. The minimum atomic E-state index is -4.00. The predicted molar refractivity (Wildman–Crippen MR) is 125 cm³/mol. The minimum Gasteiger partial charge on any atom is -0.316 e. The third kappa shape index (κ3) is 4.36. The van der Waals surface area contributed by atoms with Gasteiger partial charge in [-0.2, -0.15) is 0 Å². The normalized spacial score (nSPS) is 11.5. The number of hydrogen-bond acceptors (Lipinski definition) is 4. The highest BCUT2D eigenvalue weighted by atomic mass is 35.5. The van der Waals surface area contributed by atoms with Crippen molar-refractivity contribution in [2.75, 3.05) is 0 Å². The van der Waals surface area contributed by atoms with Crippen molar-refractivity contribution in [3.8, 4) is 22.5 Å². The molecule has 1 heterocycles. The van der Waals surface area contributed by atoms with Gasteiger partial charge >= 0.3 is 0 Å². The van der Waals surface area contributed by atoms with E-state index in [2.05, 4.69) is 4.98 Å². The molecule has 3 aromatic carbocycles. The van der Waals surface area contributed by atoms with E-state index in [1.807, 2.05) is 66.7 Å². The summed E-state index contributed by atoms with van der Waals surface area (Å²) in [6, 6.07) is 23.6. The first kappa shape index (κ1) is 22.0. The monoisotopic (exact) mass is 465 g/mol. The van der Waals surface area contributed by atoms with Crippen LogP contribution in [0.2, 0.25) is 5.15 Å². The zero-order valence-electron chi connectivity index (χ0n) is 17.2. The second-order valence-corrected chi connectivity index (χ2v) is 9.21. The van der Waals surface area contributed by atoms with Crippen molar-refractivity contribution in [2.45, 2.75) is 18.4 Å². The van der Waals surface area contributed by atoms with Gasteiger partial charge in [0.1, 0.15) is 11.5 Å². The van der Waals surface area contributed by atoms with Crippen molar-refractivity contribution in [2.24, 2.45) is 5.14 Å². The Balaban J connectivity index is 1.86. The van der Waals surface area contributed by atoms with E-state index in [1.54, 1.807) is 10.6 Å². The van der Waals surface area contributed by atoms with Crippen LogP contribution < -0.4 is 5.14 Å². The van der Waals surface area contributed by atoms with Gasteiger partial charge in [-0.05, 0) is 17.2 Å². The number of rotatable bonds is 6. The van der Waals surface area contributed by atoms with Crippen LogP contribution in [0.25, 0.3) is 22.5 Å². The van der Waals surface area contributed by atoms with Crippen LogP contribution in [0.3, 0.4) is 0 Å². The number of aromatic nitrogens is 2. The van der Waals surface area contributed by atoms with Crippen molar-refractivity contribution in [3.63, 3.8) is 0 Å². The highest BCUT2D eigenvalue weighted by Crippen LogP contribution is 2.30. The van der Waals surface area contributed by atoms with Gasteiger partial charge in [-0.15, -0.1) is 0 Å². The largest absolute Gasteiger partial charge is 0.316 e. The van der Waals surface area contributed by atoms with Gasteiger partial charge in [0.2, 0.25) is 10.0 Å². The topological polar surface area (TPSA) is 95.0 Å². The molecule has 0 fully saturated rings. The number of primary sulfonamides is 1. The number of nitrogens with two attached hydrogens (primary N) is 1. The summed E-state index contributed by atoms with van der Waals surface area (Å²) in [6.45, 7) is 1.61. The van der Waals surface area contributed by atoms with E-state index in [4.69, 9.17) is 16.7 Å². The van der Waals surface area contributed by atoms with Crippen LogP contribution in [-0.2, 0) is 16.6 Å². The molecule has 6 nitrogen and oxygen atoms in total. The van der Waals surface area contributed by atoms with Crippen LogP contribution in [0, 0.1) is 0 Å². The second kappa shape index (κ2) is 8.70. The summed E-state index contributed by atoms with van der Waals surface area (Å²) >= 11 is 6.30. The molecule has 0 bridgehead atoms. The molecular formula is C24H20ClN3O3S. The number of carbonyl (C=O) groups is 1. The maximum absolute atomic E-state index is 12.4. The van der Waals surface area contributed by atoms with Crippen LogP contribution in [0.1, 0.15) is 23.0 Å². The maximum Gasteiger partial charge on any atom is 0.238 e. The number of Topliss-reactive ketones (excluding diaryl/α,β-unsaturated/α-hetero) is 1. The van der Waals surface area contributed by atoms with Gasteiger partial charge in [0.25, 0.3) is 0 Å². The number of imidazole rings is 1. The van der Waals surface area contributed by atoms with Gasteiger partial charge in [-0.25, -0.2) is 18.5 Å². The molecule has 4 aromatic rings. The Kier molecular flexibility index (Phi) is 5.97. The van der Waals surface area contributed by atoms with Gasteiger partial charge in [0.05, 0.1) is 4.90 Å². The highest BCUT2D eigenvalue weighted by Gasteiger charge is 2.22. The molecule has 8 heteroatoms. The molecule has 1 aromatic heterocycles. The smallest absolute Gasteiger partial charge is 0.238 e. The molecule has 2 N–H and O–H groups in total. The lowest BCUT2D eigenvalue weighted by atomic mass is 10.0. The molecule has 0 atom stereocenters. The molecule has 0 aliphatic heterocycles. The quantitative estimate of drug-likeness (QED) is 0.415. The predicted octanol–water partition coefficient (Wildman–Crippen LogP) is 4.77. The van der Waals surface area contributed by atoms with Gasteiger partial charge in [0.15, 0.2) is 10.9 Å². The first-order chi connectivity index (χ1) is 15.3. The molecule has 0 saturated carbocycles. The van der Waals surface area contributed by atoms with Gasteiger partial charge < -0.3 is 4.57 Å². The van der Waals surface area contributed by atoms with E-state index < -0.39 is 10.0 Å². The zero-order valence-corrected chi connectivity index (χ0v) is 18.8. The van der Waals surface area contributed by atoms with Gasteiger partial charge in [-0.3, -0.25) is 4.79 Å². The molecule has 0 aliphatic rings. The van der Waals surface area contributed by atoms with Crippen molar-refractivity contribution in [3.05, 3.63) is 95.3 Å². The molecule has 0 amide bonds. The molecule has 162 valence electrons. The van der Waals surface area contributed by atoms with Crippen molar-refractivity contribution < 1.29 is 13.2 Å². The van der Waals surface area contributed by atoms with E-state index in [-0.39, 0.29) is 28.1 Å². The first-order valence-corrected chi connectivity index (χ1v) is 11.7. The fourth-order valence-corrected chi connectivity index (χ4v) is 4.78. The average molecular weight is 466 g/mol. The van der Waals surface area contributed by atoms with E-state index in [0.29, 0.717) is 17.0 Å². The second-order valence-electron chi connectivity index (χ2n) is 7.32. The fraction of sp³-hybridized carbons (Fsp3) is 0.0833. The number of sulfonamides is 1. The first-order valence-electron chi connectivity index (χ1n) is 9.79. The number of carbonyl (C=O) groups excluding carboxylic acids is 1. The standard InChI is InChI=1S/C24H20ClN3O3S/c1-16(29)22-23(25)27-24(19-10-6-3-7-11-19)28(22)15-17-12-13-20(18-8-4-2-5-9-18)21(14-17)32(26,30)31/h2-14H,15H2,1H3,(H2,26,30,31). The third-order valence-electron chi connectivity index (χ3n) is 5.07. The van der Waals surface area contributed by atoms with Gasteiger partial charge in [-0.1, -0.05) is 84.4 Å². The van der Waals surface area contributed by atoms with E-state index >= 15 is 0 Å². The Labute approximate surface area is 191 Å².